The molecule has 0 unspecified atom stereocenters. The van der Waals surface area contributed by atoms with Crippen molar-refractivity contribution >= 4 is 30.9 Å². The Bertz CT molecular complexity index is 773. The Balaban J connectivity index is 2.21. The van der Waals surface area contributed by atoms with Crippen LogP contribution in [0.2, 0.25) is 58.9 Å². The number of carbonyl (C=O) groups excluding carboxylic acids is 1. The first-order valence-corrected chi connectivity index (χ1v) is 23.8. The third-order valence-electron chi connectivity index (χ3n) is 6.53. The highest BCUT2D eigenvalue weighted by molar-refractivity contribution is 6.70. The highest BCUT2D eigenvalue weighted by Gasteiger charge is 2.51. The van der Waals surface area contributed by atoms with Crippen molar-refractivity contribution in [1.82, 2.24) is 0 Å². The van der Waals surface area contributed by atoms with Gasteiger partial charge in [-0.15, -0.1) is 0 Å². The molecule has 210 valence electrons. The van der Waals surface area contributed by atoms with E-state index in [1.165, 1.54) is 6.08 Å². The van der Waals surface area contributed by atoms with Gasteiger partial charge in [0.05, 0.1) is 37.1 Å². The van der Waals surface area contributed by atoms with Crippen LogP contribution in [0.3, 0.4) is 0 Å². The SMILES string of the molecule is C/C(=C\C(N)=O)C[C@@H]1OC[C@H](C[C@@H]2O[C@H]2[C@@H](C)[C@H](C)O[Si](C)(C)C)[C@@H](O[Si](C)(C)C)[C@H]1O[Si](C)(C)C. The highest BCUT2D eigenvalue weighted by atomic mass is 28.4. The predicted octanol–water partition coefficient (Wildman–Crippen LogP) is 5.30. The van der Waals surface area contributed by atoms with Crippen LogP contribution in [0.4, 0.5) is 0 Å². The molecule has 2 aliphatic heterocycles. The molecule has 2 heterocycles. The lowest BCUT2D eigenvalue weighted by Crippen LogP contribution is -2.58. The van der Waals surface area contributed by atoms with Gasteiger partial charge in [-0.1, -0.05) is 12.5 Å². The zero-order valence-electron chi connectivity index (χ0n) is 24.8. The number of rotatable bonds is 13. The number of nitrogens with two attached hydrogens (primary N) is 1. The fourth-order valence-corrected chi connectivity index (χ4v) is 8.65. The minimum atomic E-state index is -1.91. The Labute approximate surface area is 223 Å². The molecule has 0 bridgehead atoms. The average Bonchev–Trinajstić information content (AvgIpc) is 3.40. The maximum Gasteiger partial charge on any atom is 0.241 e. The summed E-state index contributed by atoms with van der Waals surface area (Å²) in [6, 6.07) is 0. The van der Waals surface area contributed by atoms with Crippen LogP contribution < -0.4 is 5.73 Å². The van der Waals surface area contributed by atoms with Gasteiger partial charge in [0.1, 0.15) is 0 Å². The van der Waals surface area contributed by atoms with E-state index >= 15 is 0 Å². The van der Waals surface area contributed by atoms with E-state index in [1.54, 1.807) is 0 Å². The molecule has 0 spiro atoms. The molecule has 0 aromatic carbocycles. The summed E-state index contributed by atoms with van der Waals surface area (Å²) in [4.78, 5) is 11.4. The first-order chi connectivity index (χ1) is 16.3. The summed E-state index contributed by atoms with van der Waals surface area (Å²) in [5.74, 6) is 0.0910. The molecule has 0 aromatic rings. The summed E-state index contributed by atoms with van der Waals surface area (Å²) < 4.78 is 32.6. The Kier molecular flexibility index (Phi) is 10.8. The van der Waals surface area contributed by atoms with Crippen LogP contribution >= 0.6 is 0 Å². The lowest BCUT2D eigenvalue weighted by molar-refractivity contribution is -0.152. The summed E-state index contributed by atoms with van der Waals surface area (Å²) in [6.45, 7) is 26.9. The molecule has 10 heteroatoms. The molecule has 1 amide bonds. The molecule has 2 aliphatic rings. The van der Waals surface area contributed by atoms with Gasteiger partial charge in [-0.25, -0.2) is 0 Å². The molecule has 0 radical (unpaired) electrons. The number of ether oxygens (including phenoxy) is 2. The maximum absolute atomic E-state index is 11.4. The van der Waals surface area contributed by atoms with Gasteiger partial charge in [-0.3, -0.25) is 4.79 Å². The van der Waals surface area contributed by atoms with Crippen molar-refractivity contribution in [1.29, 1.82) is 0 Å². The number of carbonyl (C=O) groups is 1. The van der Waals surface area contributed by atoms with E-state index < -0.39 is 30.9 Å². The number of amides is 1. The molecule has 2 rings (SSSR count). The van der Waals surface area contributed by atoms with Crippen molar-refractivity contribution < 1.29 is 27.5 Å². The van der Waals surface area contributed by atoms with Crippen LogP contribution in [0.5, 0.6) is 0 Å². The fourth-order valence-electron chi connectivity index (χ4n) is 5.07. The van der Waals surface area contributed by atoms with Crippen molar-refractivity contribution in [2.45, 2.75) is 129 Å². The lowest BCUT2D eigenvalue weighted by Gasteiger charge is -2.47. The monoisotopic (exact) mass is 559 g/mol. The van der Waals surface area contributed by atoms with Crippen molar-refractivity contribution in [3.05, 3.63) is 11.6 Å². The quantitative estimate of drug-likeness (QED) is 0.187. The van der Waals surface area contributed by atoms with E-state index in [9.17, 15) is 4.79 Å². The molecule has 0 saturated carbocycles. The molecule has 0 aromatic heterocycles. The van der Waals surface area contributed by atoms with Crippen molar-refractivity contribution in [2.75, 3.05) is 6.61 Å². The van der Waals surface area contributed by atoms with Crippen LogP contribution in [0, 0.1) is 11.8 Å². The van der Waals surface area contributed by atoms with Gasteiger partial charge >= 0.3 is 0 Å². The molecule has 7 nitrogen and oxygen atoms in total. The minimum absolute atomic E-state index is 0.0701. The predicted molar refractivity (Wildman–Crippen MR) is 154 cm³/mol. The third-order valence-corrected chi connectivity index (χ3v) is 9.56. The molecule has 0 aliphatic carbocycles. The lowest BCUT2D eigenvalue weighted by atomic mass is 9.85. The van der Waals surface area contributed by atoms with Crippen LogP contribution in [-0.4, -0.2) is 74.1 Å². The molecule has 2 fully saturated rings. The minimum Gasteiger partial charge on any atom is -0.415 e. The average molecular weight is 560 g/mol. The second-order valence-corrected chi connectivity index (χ2v) is 27.2. The summed E-state index contributed by atoms with van der Waals surface area (Å²) in [5.41, 5.74) is 6.30. The first kappa shape index (κ1) is 31.9. The maximum atomic E-state index is 11.4. The van der Waals surface area contributed by atoms with Gasteiger partial charge in [-0.2, -0.15) is 0 Å². The van der Waals surface area contributed by atoms with Gasteiger partial charge < -0.3 is 28.5 Å². The molecular formula is C26H53NO6Si3. The second kappa shape index (κ2) is 12.2. The molecular weight excluding hydrogens is 507 g/mol. The molecule has 2 saturated heterocycles. The zero-order chi connectivity index (χ0) is 27.6. The van der Waals surface area contributed by atoms with E-state index in [0.717, 1.165) is 12.0 Å². The fraction of sp³-hybridized carbons (Fsp3) is 0.885. The topological polar surface area (TPSA) is 92.5 Å². The van der Waals surface area contributed by atoms with Crippen molar-refractivity contribution in [3.63, 3.8) is 0 Å². The first-order valence-electron chi connectivity index (χ1n) is 13.5. The van der Waals surface area contributed by atoms with E-state index in [2.05, 4.69) is 72.8 Å². The van der Waals surface area contributed by atoms with Gasteiger partial charge in [0.25, 0.3) is 0 Å². The number of hydrogen-bond acceptors (Lipinski definition) is 6. The Hall–Kier alpha value is -0.339. The van der Waals surface area contributed by atoms with Gasteiger partial charge in [0, 0.05) is 24.0 Å². The van der Waals surface area contributed by atoms with Crippen LogP contribution in [-0.2, 0) is 27.5 Å². The van der Waals surface area contributed by atoms with Crippen LogP contribution in [0.1, 0.15) is 33.6 Å². The number of epoxide rings is 1. The number of primary amides is 1. The summed E-state index contributed by atoms with van der Waals surface area (Å²) >= 11 is 0. The largest absolute Gasteiger partial charge is 0.415 e. The van der Waals surface area contributed by atoms with E-state index in [1.807, 2.05) is 6.92 Å². The summed E-state index contributed by atoms with van der Waals surface area (Å²) in [5, 5.41) is 0. The van der Waals surface area contributed by atoms with Crippen LogP contribution in [0.25, 0.3) is 0 Å². The van der Waals surface area contributed by atoms with Gasteiger partial charge in [0.15, 0.2) is 25.0 Å². The van der Waals surface area contributed by atoms with Crippen LogP contribution in [0.15, 0.2) is 11.6 Å². The number of hydrogen-bond donors (Lipinski definition) is 1. The van der Waals surface area contributed by atoms with Crippen molar-refractivity contribution in [2.24, 2.45) is 17.6 Å². The smallest absolute Gasteiger partial charge is 0.241 e. The third kappa shape index (κ3) is 10.8. The Morgan fingerprint density at radius 1 is 0.944 bits per heavy atom. The van der Waals surface area contributed by atoms with Gasteiger partial charge in [-0.05, 0) is 85.6 Å². The zero-order valence-corrected chi connectivity index (χ0v) is 27.8. The second-order valence-electron chi connectivity index (χ2n) is 13.8. The highest BCUT2D eigenvalue weighted by Crippen LogP contribution is 2.41. The Morgan fingerprint density at radius 3 is 2.00 bits per heavy atom. The van der Waals surface area contributed by atoms with Crippen molar-refractivity contribution in [3.8, 4) is 0 Å². The Morgan fingerprint density at radius 2 is 1.50 bits per heavy atom. The standard InChI is InChI=1S/C26H53NO6Si3/c1-17(14-23(27)28)13-21-26(33-36(10,11)12)25(32-35(7,8)9)20(16-29-21)15-22-24(30-22)18(2)19(3)31-34(4,5)6/h14,18-22,24-26H,13,15-16H2,1-12H3,(H2,27,28)/b17-14+/t18-,19-,20-,21-,22-,24-,25+,26-/m0/s1. The molecule has 8 atom stereocenters. The summed E-state index contributed by atoms with van der Waals surface area (Å²) in [7, 11) is -5.39. The van der Waals surface area contributed by atoms with E-state index in [-0.39, 0.29) is 42.5 Å². The van der Waals surface area contributed by atoms with Gasteiger partial charge in [0.2, 0.25) is 5.91 Å². The molecule has 2 N–H and O–H groups in total. The normalized spacial score (nSPS) is 31.7. The summed E-state index contributed by atoms with van der Waals surface area (Å²) in [6.07, 6.45) is 3.11. The van der Waals surface area contributed by atoms with E-state index in [4.69, 9.17) is 28.5 Å². The van der Waals surface area contributed by atoms with E-state index in [0.29, 0.717) is 18.9 Å². The molecule has 36 heavy (non-hydrogen) atoms.